The SMILES string of the molecule is O=C(Cc1n[nH]c(=O)c2ccccc12)N1CCn2c1nc1ccccc12. The van der Waals surface area contributed by atoms with Gasteiger partial charge < -0.3 is 4.57 Å². The Balaban J connectivity index is 1.52. The predicted octanol–water partition coefficient (Wildman–Crippen LogP) is 1.86. The number of rotatable bonds is 2. The van der Waals surface area contributed by atoms with Gasteiger partial charge in [0, 0.05) is 18.5 Å². The maximum absolute atomic E-state index is 12.9. The van der Waals surface area contributed by atoms with E-state index in [9.17, 15) is 9.59 Å². The predicted molar refractivity (Wildman–Crippen MR) is 98.2 cm³/mol. The van der Waals surface area contributed by atoms with E-state index in [1.807, 2.05) is 36.4 Å². The summed E-state index contributed by atoms with van der Waals surface area (Å²) < 4.78 is 2.06. The van der Waals surface area contributed by atoms with E-state index in [2.05, 4.69) is 19.7 Å². The van der Waals surface area contributed by atoms with E-state index in [4.69, 9.17) is 0 Å². The van der Waals surface area contributed by atoms with E-state index >= 15 is 0 Å². The number of benzene rings is 2. The zero-order valence-electron chi connectivity index (χ0n) is 13.8. The lowest BCUT2D eigenvalue weighted by atomic mass is 10.1. The molecular weight excluding hydrogens is 330 g/mol. The number of aromatic amines is 1. The first-order valence-electron chi connectivity index (χ1n) is 8.44. The van der Waals surface area contributed by atoms with Crippen LogP contribution in [0.15, 0.2) is 53.3 Å². The smallest absolute Gasteiger partial charge is 0.272 e. The van der Waals surface area contributed by atoms with Gasteiger partial charge in [0.05, 0.1) is 28.5 Å². The minimum Gasteiger partial charge on any atom is -0.308 e. The largest absolute Gasteiger partial charge is 0.308 e. The molecule has 7 heteroatoms. The average molecular weight is 345 g/mol. The third-order valence-corrected chi connectivity index (χ3v) is 4.82. The van der Waals surface area contributed by atoms with Crippen molar-refractivity contribution in [3.63, 3.8) is 0 Å². The first kappa shape index (κ1) is 14.8. The van der Waals surface area contributed by atoms with Crippen molar-refractivity contribution in [3.05, 3.63) is 64.6 Å². The highest BCUT2D eigenvalue weighted by Crippen LogP contribution is 2.27. The minimum atomic E-state index is -0.250. The van der Waals surface area contributed by atoms with Gasteiger partial charge in [-0.05, 0) is 18.2 Å². The molecule has 2 aromatic carbocycles. The van der Waals surface area contributed by atoms with Crippen molar-refractivity contribution in [2.75, 3.05) is 11.4 Å². The number of carbonyl (C=O) groups excluding carboxylic acids is 1. The molecule has 1 aliphatic rings. The van der Waals surface area contributed by atoms with Crippen LogP contribution in [-0.4, -0.2) is 32.2 Å². The number of hydrogen-bond acceptors (Lipinski definition) is 4. The molecule has 1 N–H and O–H groups in total. The standard InChI is InChI=1S/C19H15N5O2/c25-17(11-15-12-5-1-2-6-13(12)18(26)22-21-15)24-10-9-23-16-8-4-3-7-14(16)20-19(23)24/h1-8H,9-11H2,(H,22,26). The summed E-state index contributed by atoms with van der Waals surface area (Å²) in [6.07, 6.45) is 0.112. The third-order valence-electron chi connectivity index (χ3n) is 4.82. The number of nitrogens with zero attached hydrogens (tertiary/aromatic N) is 4. The fraction of sp³-hybridized carbons (Fsp3) is 0.158. The molecule has 1 amide bonds. The molecule has 7 nitrogen and oxygen atoms in total. The second kappa shape index (κ2) is 5.52. The Labute approximate surface area is 147 Å². The highest BCUT2D eigenvalue weighted by Gasteiger charge is 2.28. The summed E-state index contributed by atoms with van der Waals surface area (Å²) in [5.41, 5.74) is 2.23. The van der Waals surface area contributed by atoms with Crippen molar-refractivity contribution in [3.8, 4) is 0 Å². The maximum atomic E-state index is 12.9. The second-order valence-electron chi connectivity index (χ2n) is 6.32. The Hall–Kier alpha value is -3.48. The number of hydrogen-bond donors (Lipinski definition) is 1. The number of imidazole rings is 1. The van der Waals surface area contributed by atoms with Crippen molar-refractivity contribution >= 4 is 33.7 Å². The van der Waals surface area contributed by atoms with Crippen LogP contribution in [0, 0.1) is 0 Å². The first-order valence-corrected chi connectivity index (χ1v) is 8.44. The monoisotopic (exact) mass is 345 g/mol. The van der Waals surface area contributed by atoms with Crippen molar-refractivity contribution < 1.29 is 4.79 Å². The molecule has 0 fully saturated rings. The van der Waals surface area contributed by atoms with Crippen LogP contribution in [0.3, 0.4) is 0 Å². The lowest BCUT2D eigenvalue weighted by molar-refractivity contribution is -0.117. The van der Waals surface area contributed by atoms with E-state index < -0.39 is 0 Å². The number of H-pyrrole nitrogens is 1. The van der Waals surface area contributed by atoms with Crippen molar-refractivity contribution in [2.24, 2.45) is 0 Å². The van der Waals surface area contributed by atoms with Crippen LogP contribution < -0.4 is 10.5 Å². The summed E-state index contributed by atoms with van der Waals surface area (Å²) in [7, 11) is 0. The normalized spacial score (nSPS) is 13.5. The van der Waals surface area contributed by atoms with Crippen LogP contribution in [0.25, 0.3) is 21.8 Å². The highest BCUT2D eigenvalue weighted by atomic mass is 16.2. The van der Waals surface area contributed by atoms with Gasteiger partial charge in [-0.3, -0.25) is 14.5 Å². The van der Waals surface area contributed by atoms with Crippen LogP contribution in [0.4, 0.5) is 5.95 Å². The molecule has 4 aromatic rings. The molecule has 1 aliphatic heterocycles. The van der Waals surface area contributed by atoms with Crippen LogP contribution in [0.5, 0.6) is 0 Å². The van der Waals surface area contributed by atoms with Crippen molar-refractivity contribution in [2.45, 2.75) is 13.0 Å². The van der Waals surface area contributed by atoms with Crippen molar-refractivity contribution in [1.29, 1.82) is 0 Å². The number of nitrogens with one attached hydrogen (secondary N) is 1. The summed E-state index contributed by atoms with van der Waals surface area (Å²) in [6.45, 7) is 1.31. The van der Waals surface area contributed by atoms with Gasteiger partial charge in [-0.15, -0.1) is 0 Å². The summed E-state index contributed by atoms with van der Waals surface area (Å²) in [5.74, 6) is 0.591. The zero-order chi connectivity index (χ0) is 17.7. The quantitative estimate of drug-likeness (QED) is 0.601. The molecule has 0 saturated heterocycles. The molecule has 0 aliphatic carbocycles. The fourth-order valence-electron chi connectivity index (χ4n) is 3.57. The number of para-hydroxylation sites is 2. The lowest BCUT2D eigenvalue weighted by Crippen LogP contribution is -2.31. The molecule has 5 rings (SSSR count). The number of amides is 1. The van der Waals surface area contributed by atoms with Crippen LogP contribution in [-0.2, 0) is 17.8 Å². The van der Waals surface area contributed by atoms with Gasteiger partial charge in [-0.25, -0.2) is 10.1 Å². The first-order chi connectivity index (χ1) is 12.7. The Bertz CT molecular complexity index is 1220. The van der Waals surface area contributed by atoms with Gasteiger partial charge >= 0.3 is 0 Å². The van der Waals surface area contributed by atoms with Crippen molar-refractivity contribution in [1.82, 2.24) is 19.7 Å². The van der Waals surface area contributed by atoms with Gasteiger partial charge in [-0.1, -0.05) is 30.3 Å². The van der Waals surface area contributed by atoms with Crippen LogP contribution in [0.1, 0.15) is 5.69 Å². The Kier molecular flexibility index (Phi) is 3.15. The Morgan fingerprint density at radius 3 is 2.69 bits per heavy atom. The lowest BCUT2D eigenvalue weighted by Gasteiger charge is -2.14. The summed E-state index contributed by atoms with van der Waals surface area (Å²) in [4.78, 5) is 31.1. The van der Waals surface area contributed by atoms with Gasteiger partial charge in [0.25, 0.3) is 5.56 Å². The number of anilines is 1. The van der Waals surface area contributed by atoms with Crippen LogP contribution in [0.2, 0.25) is 0 Å². The Morgan fingerprint density at radius 2 is 1.81 bits per heavy atom. The van der Waals surface area contributed by atoms with Gasteiger partial charge in [-0.2, -0.15) is 5.10 Å². The van der Waals surface area contributed by atoms with E-state index in [0.29, 0.717) is 29.0 Å². The minimum absolute atomic E-state index is 0.0799. The number of aromatic nitrogens is 4. The average Bonchev–Trinajstić information content (AvgIpc) is 3.23. The Morgan fingerprint density at radius 1 is 1.04 bits per heavy atom. The third kappa shape index (κ3) is 2.13. The molecule has 0 saturated carbocycles. The summed E-state index contributed by atoms with van der Waals surface area (Å²) >= 11 is 0. The van der Waals surface area contributed by atoms with E-state index in [1.54, 1.807) is 17.0 Å². The number of carbonyl (C=O) groups is 1. The fourth-order valence-corrected chi connectivity index (χ4v) is 3.57. The van der Waals surface area contributed by atoms with E-state index in [-0.39, 0.29) is 17.9 Å². The molecule has 0 spiro atoms. The topological polar surface area (TPSA) is 83.9 Å². The van der Waals surface area contributed by atoms with E-state index in [0.717, 1.165) is 17.6 Å². The highest BCUT2D eigenvalue weighted by molar-refractivity contribution is 5.98. The molecular formula is C19H15N5O2. The molecule has 0 unspecified atom stereocenters. The molecule has 2 aromatic heterocycles. The molecule has 128 valence electrons. The van der Waals surface area contributed by atoms with E-state index in [1.165, 1.54) is 0 Å². The summed E-state index contributed by atoms with van der Waals surface area (Å²) in [6, 6.07) is 15.1. The molecule has 0 radical (unpaired) electrons. The second-order valence-corrected chi connectivity index (χ2v) is 6.32. The maximum Gasteiger partial charge on any atom is 0.272 e. The van der Waals surface area contributed by atoms with Gasteiger partial charge in [0.15, 0.2) is 0 Å². The zero-order valence-corrected chi connectivity index (χ0v) is 13.8. The van der Waals surface area contributed by atoms with Gasteiger partial charge in [0.2, 0.25) is 11.9 Å². The molecule has 26 heavy (non-hydrogen) atoms. The molecule has 3 heterocycles. The molecule has 0 bridgehead atoms. The van der Waals surface area contributed by atoms with Gasteiger partial charge in [0.1, 0.15) is 0 Å². The number of fused-ring (bicyclic) bond motifs is 4. The molecule has 0 atom stereocenters. The van der Waals surface area contributed by atoms with Crippen LogP contribution >= 0.6 is 0 Å². The summed E-state index contributed by atoms with van der Waals surface area (Å²) in [5, 5.41) is 7.83.